The Morgan fingerprint density at radius 2 is 1.78 bits per heavy atom. The lowest BCUT2D eigenvalue weighted by Crippen LogP contribution is -2.58. The maximum Gasteiger partial charge on any atom is 0.120 e. The fraction of sp³-hybridized carbons (Fsp3) is 0.960. The van der Waals surface area contributed by atoms with Gasteiger partial charge < -0.3 is 9.90 Å². The highest BCUT2D eigenvalue weighted by atomic mass is 16.3. The number of carbonyl (C=O) groups excluding carboxylic acids is 1. The smallest absolute Gasteiger partial charge is 0.120 e. The second kappa shape index (κ2) is 6.85. The number of aldehydes is 1. The van der Waals surface area contributed by atoms with E-state index >= 15 is 0 Å². The van der Waals surface area contributed by atoms with Gasteiger partial charge in [0, 0.05) is 6.42 Å². The van der Waals surface area contributed by atoms with E-state index in [1.807, 2.05) is 0 Å². The van der Waals surface area contributed by atoms with Crippen molar-refractivity contribution in [2.45, 2.75) is 104 Å². The molecule has 0 saturated heterocycles. The lowest BCUT2D eigenvalue weighted by molar-refractivity contribution is -0.171. The molecule has 154 valence electrons. The summed E-state index contributed by atoms with van der Waals surface area (Å²) >= 11 is 0. The van der Waals surface area contributed by atoms with E-state index in [2.05, 4.69) is 27.7 Å². The highest BCUT2D eigenvalue weighted by Crippen LogP contribution is 2.71. The first-order valence-electron chi connectivity index (χ1n) is 11.9. The first-order valence-corrected chi connectivity index (χ1v) is 11.9. The summed E-state index contributed by atoms with van der Waals surface area (Å²) in [5.41, 5.74) is 1.27. The number of aliphatic hydroxyl groups is 1. The van der Waals surface area contributed by atoms with Gasteiger partial charge in [-0.25, -0.2) is 0 Å². The Kier molecular flexibility index (Phi) is 5.06. The third-order valence-electron chi connectivity index (χ3n) is 10.8. The summed E-state index contributed by atoms with van der Waals surface area (Å²) in [6, 6.07) is 0. The molecule has 9 atom stereocenters. The molecule has 7 unspecified atom stereocenters. The molecular formula is C25H42O2. The van der Waals surface area contributed by atoms with Crippen molar-refractivity contribution in [1.82, 2.24) is 0 Å². The highest BCUT2D eigenvalue weighted by Gasteiger charge is 2.63. The maximum absolute atomic E-state index is 10.9. The first kappa shape index (κ1) is 19.9. The molecular weight excluding hydrogens is 332 g/mol. The summed E-state index contributed by atoms with van der Waals surface area (Å²) < 4.78 is 0. The van der Waals surface area contributed by atoms with Crippen LogP contribution >= 0.6 is 0 Å². The van der Waals surface area contributed by atoms with Crippen molar-refractivity contribution in [1.29, 1.82) is 0 Å². The number of fused-ring (bicyclic) bond motifs is 5. The lowest BCUT2D eigenvalue weighted by atomic mass is 9.40. The number of hydrogen-bond acceptors (Lipinski definition) is 2. The maximum atomic E-state index is 10.9. The van der Waals surface area contributed by atoms with Crippen LogP contribution in [-0.2, 0) is 4.79 Å². The Morgan fingerprint density at radius 3 is 2.52 bits per heavy atom. The van der Waals surface area contributed by atoms with Crippen molar-refractivity contribution in [3.63, 3.8) is 0 Å². The van der Waals surface area contributed by atoms with Crippen LogP contribution in [0, 0.1) is 45.8 Å². The third-order valence-corrected chi connectivity index (χ3v) is 10.8. The van der Waals surface area contributed by atoms with E-state index < -0.39 is 0 Å². The van der Waals surface area contributed by atoms with Gasteiger partial charge in [0.05, 0.1) is 6.10 Å². The van der Waals surface area contributed by atoms with Crippen LogP contribution < -0.4 is 0 Å². The molecule has 0 aromatic heterocycles. The molecule has 4 rings (SSSR count). The van der Waals surface area contributed by atoms with Gasteiger partial charge in [0.2, 0.25) is 0 Å². The van der Waals surface area contributed by atoms with Crippen molar-refractivity contribution in [2.75, 3.05) is 0 Å². The van der Waals surface area contributed by atoms with Crippen molar-refractivity contribution >= 4 is 6.29 Å². The molecule has 0 heterocycles. The predicted molar refractivity (Wildman–Crippen MR) is 110 cm³/mol. The molecule has 0 bridgehead atoms. The van der Waals surface area contributed by atoms with E-state index in [1.165, 1.54) is 44.9 Å². The van der Waals surface area contributed by atoms with E-state index in [4.69, 9.17) is 0 Å². The molecule has 4 saturated carbocycles. The molecule has 0 aromatic carbocycles. The summed E-state index contributed by atoms with van der Waals surface area (Å²) in [5.74, 6) is 4.17. The molecule has 4 fully saturated rings. The Hall–Kier alpha value is -0.370. The second-order valence-corrected chi connectivity index (χ2v) is 11.7. The van der Waals surface area contributed by atoms with Crippen LogP contribution in [0.15, 0.2) is 0 Å². The van der Waals surface area contributed by atoms with Crippen molar-refractivity contribution in [3.8, 4) is 0 Å². The Morgan fingerprint density at radius 1 is 1.00 bits per heavy atom. The van der Waals surface area contributed by atoms with Crippen LogP contribution in [0.25, 0.3) is 0 Å². The van der Waals surface area contributed by atoms with Crippen molar-refractivity contribution in [2.24, 2.45) is 45.8 Å². The average molecular weight is 375 g/mol. The van der Waals surface area contributed by atoms with Gasteiger partial charge in [-0.15, -0.1) is 0 Å². The van der Waals surface area contributed by atoms with Crippen LogP contribution in [0.1, 0.15) is 98.3 Å². The molecule has 2 heteroatoms. The minimum Gasteiger partial charge on any atom is -0.393 e. The zero-order chi connectivity index (χ0) is 19.4. The second-order valence-electron chi connectivity index (χ2n) is 11.7. The van der Waals surface area contributed by atoms with Gasteiger partial charge in [-0.3, -0.25) is 0 Å². The number of aliphatic hydroxyl groups excluding tert-OH is 1. The fourth-order valence-electron chi connectivity index (χ4n) is 9.12. The minimum absolute atomic E-state index is 0.0667. The highest BCUT2D eigenvalue weighted by molar-refractivity contribution is 5.49. The van der Waals surface area contributed by atoms with Crippen LogP contribution in [0.4, 0.5) is 0 Å². The summed E-state index contributed by atoms with van der Waals surface area (Å²) in [4.78, 5) is 10.9. The van der Waals surface area contributed by atoms with E-state index in [0.29, 0.717) is 22.2 Å². The summed E-state index contributed by atoms with van der Waals surface area (Å²) in [7, 11) is 0. The van der Waals surface area contributed by atoms with Crippen molar-refractivity contribution in [3.05, 3.63) is 0 Å². The minimum atomic E-state index is -0.0667. The van der Waals surface area contributed by atoms with Crippen LogP contribution in [0.5, 0.6) is 0 Å². The normalized spacial score (nSPS) is 53.1. The zero-order valence-corrected chi connectivity index (χ0v) is 18.2. The van der Waals surface area contributed by atoms with E-state index in [9.17, 15) is 9.90 Å². The molecule has 0 aliphatic heterocycles. The van der Waals surface area contributed by atoms with Gasteiger partial charge in [0.25, 0.3) is 0 Å². The van der Waals surface area contributed by atoms with E-state index in [-0.39, 0.29) is 6.10 Å². The standard InChI is InChI=1S/C25H42O2/c1-17(6-5-15-26)20-7-8-21-19-10-12-23(2)16-18(27)9-14-25(23,4)22(19)11-13-24(20,21)3/h15,17-22,27H,5-14,16H2,1-4H3/t17-,18-,19?,20?,21?,22?,23?,24?,25?/m1/s1. The molecule has 4 aliphatic rings. The van der Waals surface area contributed by atoms with E-state index in [1.54, 1.807) is 0 Å². The molecule has 0 amide bonds. The van der Waals surface area contributed by atoms with Gasteiger partial charge in [-0.2, -0.15) is 0 Å². The Labute approximate surface area is 166 Å². The van der Waals surface area contributed by atoms with Gasteiger partial charge in [-0.1, -0.05) is 27.7 Å². The molecule has 0 aromatic rings. The lowest BCUT2D eigenvalue weighted by Gasteiger charge is -2.65. The summed E-state index contributed by atoms with van der Waals surface area (Å²) in [5, 5.41) is 10.4. The Bertz CT molecular complexity index is 573. The number of rotatable bonds is 4. The Balaban J connectivity index is 1.57. The van der Waals surface area contributed by atoms with Crippen LogP contribution in [-0.4, -0.2) is 17.5 Å². The third kappa shape index (κ3) is 2.87. The van der Waals surface area contributed by atoms with Crippen LogP contribution in [0.2, 0.25) is 0 Å². The van der Waals surface area contributed by atoms with E-state index in [0.717, 1.165) is 55.6 Å². The van der Waals surface area contributed by atoms with Gasteiger partial charge in [0.1, 0.15) is 6.29 Å². The molecule has 4 aliphatic carbocycles. The largest absolute Gasteiger partial charge is 0.393 e. The first-order chi connectivity index (χ1) is 12.7. The quantitative estimate of drug-likeness (QED) is 0.612. The molecule has 27 heavy (non-hydrogen) atoms. The zero-order valence-electron chi connectivity index (χ0n) is 18.2. The van der Waals surface area contributed by atoms with Gasteiger partial charge >= 0.3 is 0 Å². The SMILES string of the molecule is C[C@H](CCC=O)C1CCC2C3CCC4(C)C[C@H](O)CCC4(C)C3CCC21C. The molecule has 1 N–H and O–H groups in total. The van der Waals surface area contributed by atoms with Crippen molar-refractivity contribution < 1.29 is 9.90 Å². The van der Waals surface area contributed by atoms with Gasteiger partial charge in [-0.05, 0) is 110 Å². The predicted octanol–water partition coefficient (Wildman–Crippen LogP) is 6.01. The number of hydrogen-bond donors (Lipinski definition) is 1. The summed E-state index contributed by atoms with van der Waals surface area (Å²) in [6.45, 7) is 10.1. The molecule has 0 spiro atoms. The topological polar surface area (TPSA) is 37.3 Å². The number of carbonyl (C=O) groups is 1. The van der Waals surface area contributed by atoms with Gasteiger partial charge in [0.15, 0.2) is 0 Å². The fourth-order valence-corrected chi connectivity index (χ4v) is 9.12. The molecule has 2 nitrogen and oxygen atoms in total. The summed E-state index contributed by atoms with van der Waals surface area (Å²) in [6.07, 6.45) is 14.4. The average Bonchev–Trinajstić information content (AvgIpc) is 2.98. The van der Waals surface area contributed by atoms with Crippen LogP contribution in [0.3, 0.4) is 0 Å². The molecule has 0 radical (unpaired) electrons. The monoisotopic (exact) mass is 374 g/mol.